The molecule has 27 heavy (non-hydrogen) atoms. The highest BCUT2D eigenvalue weighted by Gasteiger charge is 2.45. The Bertz CT molecular complexity index is 952. The van der Waals surface area contributed by atoms with E-state index in [4.69, 9.17) is 4.74 Å². The molecule has 1 fully saturated rings. The molecule has 1 N–H and O–H groups in total. The number of carbonyl (C=O) groups is 1. The summed E-state index contributed by atoms with van der Waals surface area (Å²) in [6, 6.07) is 17.5. The van der Waals surface area contributed by atoms with E-state index >= 15 is 0 Å². The molecule has 1 heterocycles. The maximum absolute atomic E-state index is 12.4. The molecule has 0 aliphatic heterocycles. The predicted octanol–water partition coefficient (Wildman–Crippen LogP) is 4.09. The highest BCUT2D eigenvalue weighted by atomic mass is 16.5. The summed E-state index contributed by atoms with van der Waals surface area (Å²) in [6.07, 6.45) is 9.96. The molecule has 5 heteroatoms. The summed E-state index contributed by atoms with van der Waals surface area (Å²) in [5.74, 6) is 1.01. The van der Waals surface area contributed by atoms with Gasteiger partial charge < -0.3 is 10.1 Å². The number of rotatable bonds is 6. The topological polar surface area (TPSA) is 64.1 Å². The van der Waals surface area contributed by atoms with Crippen molar-refractivity contribution in [3.63, 3.8) is 0 Å². The van der Waals surface area contributed by atoms with Crippen molar-refractivity contribution >= 4 is 12.0 Å². The third-order valence-electron chi connectivity index (χ3n) is 4.49. The van der Waals surface area contributed by atoms with Crippen LogP contribution in [0.5, 0.6) is 11.6 Å². The fourth-order valence-corrected chi connectivity index (χ4v) is 2.94. The standard InChI is InChI=1S/C22H19N3O2/c26-20(10-9-17-5-2-1-3-6-17)25-22(11-12-22)18-7-4-8-19(15-18)27-21-16-23-13-14-24-21/h1-10,13-16H,11-12H2,(H,25,26)/b10-9+. The van der Waals surface area contributed by atoms with Crippen LogP contribution >= 0.6 is 0 Å². The molecule has 0 unspecified atom stereocenters. The first kappa shape index (κ1) is 17.0. The minimum Gasteiger partial charge on any atom is -0.437 e. The number of benzene rings is 2. The van der Waals surface area contributed by atoms with Crippen molar-refractivity contribution in [2.24, 2.45) is 0 Å². The maximum atomic E-state index is 12.4. The summed E-state index contributed by atoms with van der Waals surface area (Å²) < 4.78 is 5.75. The van der Waals surface area contributed by atoms with Crippen molar-refractivity contribution in [1.29, 1.82) is 0 Å². The average Bonchev–Trinajstić information content (AvgIpc) is 3.49. The summed E-state index contributed by atoms with van der Waals surface area (Å²) in [5.41, 5.74) is 1.71. The van der Waals surface area contributed by atoms with Gasteiger partial charge >= 0.3 is 0 Å². The molecule has 0 atom stereocenters. The van der Waals surface area contributed by atoms with Crippen molar-refractivity contribution in [3.8, 4) is 11.6 Å². The lowest BCUT2D eigenvalue weighted by Crippen LogP contribution is -2.33. The van der Waals surface area contributed by atoms with Crippen LogP contribution in [0.4, 0.5) is 0 Å². The van der Waals surface area contributed by atoms with Crippen LogP contribution in [0.25, 0.3) is 6.08 Å². The number of nitrogens with one attached hydrogen (secondary N) is 1. The number of ether oxygens (including phenoxy) is 1. The molecule has 5 nitrogen and oxygen atoms in total. The van der Waals surface area contributed by atoms with Crippen LogP contribution in [-0.2, 0) is 10.3 Å². The normalized spacial score (nSPS) is 14.7. The van der Waals surface area contributed by atoms with Gasteiger partial charge in [0.25, 0.3) is 0 Å². The van der Waals surface area contributed by atoms with Gasteiger partial charge in [0.05, 0.1) is 11.7 Å². The molecular formula is C22H19N3O2. The van der Waals surface area contributed by atoms with Gasteiger partial charge in [-0.05, 0) is 42.2 Å². The van der Waals surface area contributed by atoms with Crippen molar-refractivity contribution in [3.05, 3.63) is 90.4 Å². The van der Waals surface area contributed by atoms with Gasteiger partial charge in [0.15, 0.2) is 0 Å². The van der Waals surface area contributed by atoms with E-state index in [1.807, 2.05) is 60.7 Å². The molecular weight excluding hydrogens is 338 g/mol. The second-order valence-corrected chi connectivity index (χ2v) is 6.49. The molecule has 0 saturated heterocycles. The Balaban J connectivity index is 1.45. The molecule has 1 saturated carbocycles. The van der Waals surface area contributed by atoms with Crippen LogP contribution in [0.15, 0.2) is 79.3 Å². The summed E-state index contributed by atoms with van der Waals surface area (Å²) in [6.45, 7) is 0. The number of amides is 1. The molecule has 2 aromatic carbocycles. The Morgan fingerprint density at radius 2 is 1.93 bits per heavy atom. The van der Waals surface area contributed by atoms with Crippen molar-refractivity contribution in [2.45, 2.75) is 18.4 Å². The smallest absolute Gasteiger partial charge is 0.244 e. The van der Waals surface area contributed by atoms with E-state index in [-0.39, 0.29) is 11.4 Å². The molecule has 4 rings (SSSR count). The lowest BCUT2D eigenvalue weighted by atomic mass is 10.0. The Morgan fingerprint density at radius 3 is 2.67 bits per heavy atom. The van der Waals surface area contributed by atoms with Crippen LogP contribution in [0.1, 0.15) is 24.0 Å². The van der Waals surface area contributed by atoms with Gasteiger partial charge in [-0.1, -0.05) is 42.5 Å². The molecule has 0 bridgehead atoms. The largest absolute Gasteiger partial charge is 0.437 e. The zero-order valence-corrected chi connectivity index (χ0v) is 14.7. The Kier molecular flexibility index (Phi) is 4.66. The first-order valence-electron chi connectivity index (χ1n) is 8.83. The molecule has 0 spiro atoms. The third kappa shape index (κ3) is 4.20. The second kappa shape index (κ2) is 7.41. The minimum absolute atomic E-state index is 0.100. The van der Waals surface area contributed by atoms with E-state index in [1.165, 1.54) is 0 Å². The molecule has 1 aliphatic rings. The monoisotopic (exact) mass is 357 g/mol. The number of hydrogen-bond donors (Lipinski definition) is 1. The first-order chi connectivity index (χ1) is 13.2. The quantitative estimate of drug-likeness (QED) is 0.675. The van der Waals surface area contributed by atoms with Crippen LogP contribution in [0.2, 0.25) is 0 Å². The van der Waals surface area contributed by atoms with Gasteiger partial charge in [0.1, 0.15) is 5.75 Å². The summed E-state index contributed by atoms with van der Waals surface area (Å²) >= 11 is 0. The summed E-state index contributed by atoms with van der Waals surface area (Å²) in [7, 11) is 0. The fourth-order valence-electron chi connectivity index (χ4n) is 2.94. The van der Waals surface area contributed by atoms with Gasteiger partial charge in [-0.3, -0.25) is 9.78 Å². The lowest BCUT2D eigenvalue weighted by Gasteiger charge is -2.18. The van der Waals surface area contributed by atoms with E-state index in [0.717, 1.165) is 24.0 Å². The average molecular weight is 357 g/mol. The Hall–Kier alpha value is -3.47. The van der Waals surface area contributed by atoms with E-state index in [0.29, 0.717) is 11.6 Å². The highest BCUT2D eigenvalue weighted by Crippen LogP contribution is 2.46. The third-order valence-corrected chi connectivity index (χ3v) is 4.49. The fraction of sp³-hybridized carbons (Fsp3) is 0.136. The molecule has 1 aliphatic carbocycles. The molecule has 3 aromatic rings. The Morgan fingerprint density at radius 1 is 1.07 bits per heavy atom. The van der Waals surface area contributed by atoms with E-state index in [9.17, 15) is 4.79 Å². The predicted molar refractivity (Wildman–Crippen MR) is 103 cm³/mol. The molecule has 0 radical (unpaired) electrons. The highest BCUT2D eigenvalue weighted by molar-refractivity contribution is 5.92. The van der Waals surface area contributed by atoms with Crippen molar-refractivity contribution in [2.75, 3.05) is 0 Å². The molecule has 134 valence electrons. The van der Waals surface area contributed by atoms with Crippen LogP contribution in [-0.4, -0.2) is 15.9 Å². The van der Waals surface area contributed by atoms with Gasteiger partial charge in [-0.15, -0.1) is 0 Å². The summed E-state index contributed by atoms with van der Waals surface area (Å²) in [4.78, 5) is 20.5. The van der Waals surface area contributed by atoms with Gasteiger partial charge in [-0.25, -0.2) is 4.98 Å². The van der Waals surface area contributed by atoms with Crippen molar-refractivity contribution in [1.82, 2.24) is 15.3 Å². The van der Waals surface area contributed by atoms with E-state index in [1.54, 1.807) is 24.7 Å². The van der Waals surface area contributed by atoms with E-state index in [2.05, 4.69) is 15.3 Å². The lowest BCUT2D eigenvalue weighted by molar-refractivity contribution is -0.117. The van der Waals surface area contributed by atoms with Gasteiger partial charge in [-0.2, -0.15) is 0 Å². The van der Waals surface area contributed by atoms with E-state index < -0.39 is 0 Å². The second-order valence-electron chi connectivity index (χ2n) is 6.49. The zero-order chi connectivity index (χ0) is 18.5. The maximum Gasteiger partial charge on any atom is 0.244 e. The molecule has 1 amide bonds. The van der Waals surface area contributed by atoms with Crippen molar-refractivity contribution < 1.29 is 9.53 Å². The number of nitrogens with zero attached hydrogens (tertiary/aromatic N) is 2. The minimum atomic E-state index is -0.320. The number of carbonyl (C=O) groups excluding carboxylic acids is 1. The SMILES string of the molecule is O=C(/C=C/c1ccccc1)NC1(c2cccc(Oc3cnccn3)c2)CC1. The number of hydrogen-bond acceptors (Lipinski definition) is 4. The zero-order valence-electron chi connectivity index (χ0n) is 14.7. The Labute approximate surface area is 157 Å². The van der Waals surface area contributed by atoms with Gasteiger partial charge in [0.2, 0.25) is 11.8 Å². The van der Waals surface area contributed by atoms with Crippen LogP contribution in [0.3, 0.4) is 0 Å². The van der Waals surface area contributed by atoms with Crippen LogP contribution in [0, 0.1) is 0 Å². The van der Waals surface area contributed by atoms with Gasteiger partial charge in [0, 0.05) is 18.5 Å². The first-order valence-corrected chi connectivity index (χ1v) is 8.83. The summed E-state index contributed by atoms with van der Waals surface area (Å²) in [5, 5.41) is 3.14. The van der Waals surface area contributed by atoms with Crippen LogP contribution < -0.4 is 10.1 Å². The molecule has 1 aromatic heterocycles. The number of aromatic nitrogens is 2.